The number of nitrogens with one attached hydrogen (secondary N) is 2. The molecule has 1 unspecified atom stereocenters. The molecule has 188 valence electrons. The maximum atomic E-state index is 13.4. The van der Waals surface area contributed by atoms with E-state index in [1.165, 1.54) is 7.11 Å². The van der Waals surface area contributed by atoms with Gasteiger partial charge in [0, 0.05) is 24.6 Å². The highest BCUT2D eigenvalue weighted by Crippen LogP contribution is 2.36. The minimum absolute atomic E-state index is 0.0442. The Hall–Kier alpha value is -3.61. The highest BCUT2D eigenvalue weighted by Gasteiger charge is 2.34. The fraction of sp³-hybridized carbons (Fsp3) is 0.455. The smallest absolute Gasteiger partial charge is 0.416 e. The molecule has 1 fully saturated rings. The quantitative estimate of drug-likeness (QED) is 0.454. The van der Waals surface area contributed by atoms with Crippen molar-refractivity contribution in [2.24, 2.45) is 4.99 Å². The second-order valence-electron chi connectivity index (χ2n) is 8.14. The molecule has 3 atom stereocenters. The number of fused-ring (bicyclic) bond motifs is 1. The first-order chi connectivity index (χ1) is 17.0. The number of hydrogen-bond acceptors (Lipinski definition) is 9. The van der Waals surface area contributed by atoms with Gasteiger partial charge in [0.1, 0.15) is 23.9 Å². The molecule has 0 bridgehead atoms. The zero-order valence-electron chi connectivity index (χ0n) is 20.1. The van der Waals surface area contributed by atoms with Crippen LogP contribution in [-0.4, -0.2) is 48.3 Å². The highest BCUT2D eigenvalue weighted by atomic mass is 19.4. The van der Waals surface area contributed by atoms with Gasteiger partial charge >= 0.3 is 6.18 Å². The second kappa shape index (κ2) is 9.56. The first kappa shape index (κ1) is 23.1. The van der Waals surface area contributed by atoms with Crippen LogP contribution in [0.2, 0.25) is 1.41 Å². The number of anilines is 1. The third kappa shape index (κ3) is 5.39. The summed E-state index contributed by atoms with van der Waals surface area (Å²) in [5.74, 6) is 0.907. The summed E-state index contributed by atoms with van der Waals surface area (Å²) in [6.07, 6.45) is -4.99. The van der Waals surface area contributed by atoms with Crippen LogP contribution in [0.15, 0.2) is 29.3 Å². The Morgan fingerprint density at radius 3 is 2.77 bits per heavy atom. The number of alkyl halides is 3. The molecule has 13 heteroatoms. The zero-order chi connectivity index (χ0) is 26.2. The SMILES string of the molecule is [2H]N1c2nc(OC)c(O[C@H]3CCOC3)cc2C(N[C@H](C)c2cc([N+](=O)[O-])cc(C(F)(F)F)c2)=NC1C. The summed E-state index contributed by atoms with van der Waals surface area (Å²) in [4.78, 5) is 19.2. The molecule has 1 aromatic carbocycles. The molecule has 0 amide bonds. The highest BCUT2D eigenvalue weighted by molar-refractivity contribution is 6.04. The molecule has 1 saturated heterocycles. The molecule has 10 nitrogen and oxygen atoms in total. The minimum Gasteiger partial charge on any atom is -0.482 e. The van der Waals surface area contributed by atoms with Crippen LogP contribution in [0.1, 0.15) is 43.0 Å². The number of benzene rings is 1. The van der Waals surface area contributed by atoms with Gasteiger partial charge in [-0.25, -0.2) is 4.99 Å². The Balaban J connectivity index is 1.70. The van der Waals surface area contributed by atoms with Crippen LogP contribution in [0.4, 0.5) is 24.7 Å². The summed E-state index contributed by atoms with van der Waals surface area (Å²) in [5, 5.41) is 15.4. The van der Waals surface area contributed by atoms with Crippen LogP contribution < -0.4 is 20.1 Å². The monoisotopic (exact) mass is 496 g/mol. The minimum atomic E-state index is -4.76. The fourth-order valence-corrected chi connectivity index (χ4v) is 3.78. The first-order valence-electron chi connectivity index (χ1n) is 11.3. The molecule has 2 aliphatic rings. The van der Waals surface area contributed by atoms with Crippen LogP contribution in [0.25, 0.3) is 0 Å². The Bertz CT molecular complexity index is 1190. The molecule has 0 saturated carbocycles. The van der Waals surface area contributed by atoms with Gasteiger partial charge in [0.2, 0.25) is 0 Å². The van der Waals surface area contributed by atoms with Crippen molar-refractivity contribution < 1.29 is 33.7 Å². The van der Waals surface area contributed by atoms with Crippen molar-refractivity contribution >= 4 is 17.3 Å². The lowest BCUT2D eigenvalue weighted by molar-refractivity contribution is -0.385. The molecular weight excluding hydrogens is 471 g/mol. The van der Waals surface area contributed by atoms with Gasteiger partial charge in [0.05, 0.1) is 42.4 Å². The van der Waals surface area contributed by atoms with Crippen LogP contribution >= 0.6 is 0 Å². The Labute approximate surface area is 200 Å². The summed E-state index contributed by atoms with van der Waals surface area (Å²) in [6, 6.07) is 3.22. The van der Waals surface area contributed by atoms with Gasteiger partial charge in [0.15, 0.2) is 7.16 Å². The number of pyridine rings is 1. The van der Waals surface area contributed by atoms with Crippen LogP contribution in [-0.2, 0) is 10.9 Å². The predicted octanol–water partition coefficient (Wildman–Crippen LogP) is 4.05. The maximum Gasteiger partial charge on any atom is 0.416 e. The summed E-state index contributed by atoms with van der Waals surface area (Å²) >= 11 is 0. The van der Waals surface area contributed by atoms with Gasteiger partial charge in [-0.15, -0.1) is 0 Å². The van der Waals surface area contributed by atoms with Crippen molar-refractivity contribution in [1.29, 1.82) is 0 Å². The van der Waals surface area contributed by atoms with Crippen molar-refractivity contribution in [1.82, 2.24) is 10.3 Å². The van der Waals surface area contributed by atoms with Crippen molar-refractivity contribution in [2.75, 3.05) is 25.6 Å². The van der Waals surface area contributed by atoms with Crippen LogP contribution in [0.3, 0.4) is 0 Å². The maximum absolute atomic E-state index is 13.4. The van der Waals surface area contributed by atoms with Gasteiger partial charge in [-0.3, -0.25) is 10.1 Å². The molecule has 3 heterocycles. The van der Waals surface area contributed by atoms with Crippen LogP contribution in [0, 0.1) is 10.1 Å². The molecule has 2 aliphatic heterocycles. The summed E-state index contributed by atoms with van der Waals surface area (Å²) in [7, 11) is 1.42. The number of rotatable bonds is 6. The van der Waals surface area contributed by atoms with Gasteiger partial charge in [-0.1, -0.05) is 0 Å². The molecule has 2 N–H and O–H groups in total. The predicted molar refractivity (Wildman–Crippen MR) is 120 cm³/mol. The number of aromatic nitrogens is 1. The van der Waals surface area contributed by atoms with Gasteiger partial charge < -0.3 is 24.8 Å². The number of ether oxygens (including phenoxy) is 3. The van der Waals surface area contributed by atoms with E-state index in [2.05, 4.69) is 15.3 Å². The molecule has 1 aromatic heterocycles. The van der Waals surface area contributed by atoms with Crippen molar-refractivity contribution in [3.8, 4) is 11.6 Å². The normalized spacial score (nSPS) is 21.0. The van der Waals surface area contributed by atoms with E-state index in [1.807, 2.05) is 0 Å². The van der Waals surface area contributed by atoms with Crippen LogP contribution in [0.5, 0.6) is 11.6 Å². The number of nitro benzene ring substituents is 1. The van der Waals surface area contributed by atoms with E-state index in [4.69, 9.17) is 15.6 Å². The summed E-state index contributed by atoms with van der Waals surface area (Å²) in [5.41, 5.74) is -1.39. The number of amidine groups is 1. The van der Waals surface area contributed by atoms with Crippen molar-refractivity contribution in [3.05, 3.63) is 51.1 Å². The lowest BCUT2D eigenvalue weighted by Crippen LogP contribution is -2.35. The third-order valence-corrected chi connectivity index (χ3v) is 5.52. The lowest BCUT2D eigenvalue weighted by Gasteiger charge is -2.27. The van der Waals surface area contributed by atoms with E-state index < -0.39 is 34.6 Å². The number of nitro groups is 1. The van der Waals surface area contributed by atoms with Gasteiger partial charge in [0.25, 0.3) is 11.6 Å². The zero-order valence-corrected chi connectivity index (χ0v) is 19.1. The van der Waals surface area contributed by atoms with E-state index >= 15 is 0 Å². The Morgan fingerprint density at radius 2 is 2.14 bits per heavy atom. The van der Waals surface area contributed by atoms with E-state index in [0.717, 1.165) is 17.4 Å². The van der Waals surface area contributed by atoms with E-state index in [-0.39, 0.29) is 29.2 Å². The standard InChI is InChI=1S/C22H24F3N5O5/c1-11(13-6-14(22(23,24)25)8-15(7-13)30(31)32)26-19-17-9-18(35-16-4-5-34-10-16)21(33-3)29-20(17)28-12(2)27-19/h6-9,11-12,16H,4-5,10H2,1-3H3,(H,26,27)(H,28,29)/t11-,12?,16+/m1/s1/i/hD. The molecular formula is C22H24F3N5O5. The molecule has 2 aromatic rings. The number of non-ortho nitro benzene ring substituents is 1. The van der Waals surface area contributed by atoms with Gasteiger partial charge in [-0.05, 0) is 25.5 Å². The first-order valence-corrected chi connectivity index (χ1v) is 10.8. The average molecular weight is 496 g/mol. The fourth-order valence-electron chi connectivity index (χ4n) is 3.78. The number of aliphatic imine (C=N–C) groups is 1. The molecule has 4 rings (SSSR count). The third-order valence-electron chi connectivity index (χ3n) is 5.52. The molecule has 0 aliphatic carbocycles. The van der Waals surface area contributed by atoms with Gasteiger partial charge in [-0.2, -0.15) is 18.2 Å². The van der Waals surface area contributed by atoms with E-state index in [9.17, 15) is 23.3 Å². The average Bonchev–Trinajstić information content (AvgIpc) is 3.34. The molecule has 0 spiro atoms. The van der Waals surface area contributed by atoms with Crippen molar-refractivity contribution in [2.45, 2.75) is 44.8 Å². The van der Waals surface area contributed by atoms with E-state index in [0.29, 0.717) is 37.0 Å². The number of nitrogens with zero attached hydrogens (tertiary/aromatic N) is 3. The van der Waals surface area contributed by atoms with Crippen molar-refractivity contribution in [3.63, 3.8) is 0 Å². The Morgan fingerprint density at radius 1 is 1.37 bits per heavy atom. The topological polar surface area (TPSA) is 120 Å². The summed E-state index contributed by atoms with van der Waals surface area (Å²) in [6.45, 7) is 4.15. The summed E-state index contributed by atoms with van der Waals surface area (Å²) < 4.78 is 65.1. The number of hydrogen-bond donors (Lipinski definition) is 2. The number of methoxy groups -OCH3 is 1. The number of halogens is 3. The molecule has 35 heavy (non-hydrogen) atoms. The Kier molecular flexibility index (Phi) is 6.32. The largest absolute Gasteiger partial charge is 0.482 e. The second-order valence-corrected chi connectivity index (χ2v) is 8.14. The lowest BCUT2D eigenvalue weighted by atomic mass is 10.0. The molecule has 0 radical (unpaired) electrons. The van der Waals surface area contributed by atoms with E-state index in [1.54, 1.807) is 19.9 Å².